The van der Waals surface area contributed by atoms with E-state index in [2.05, 4.69) is 24.3 Å². The van der Waals surface area contributed by atoms with E-state index >= 15 is 0 Å². The van der Waals surface area contributed by atoms with E-state index in [4.69, 9.17) is 11.6 Å². The fourth-order valence-electron chi connectivity index (χ4n) is 2.00. The highest BCUT2D eigenvalue weighted by atomic mass is 35.5. The van der Waals surface area contributed by atoms with Crippen molar-refractivity contribution in [3.8, 4) is 0 Å². The molecule has 80 valence electrons. The maximum absolute atomic E-state index is 11.5. The minimum Gasteiger partial charge on any atom is -0.341 e. The van der Waals surface area contributed by atoms with Gasteiger partial charge >= 0.3 is 0 Å². The largest absolute Gasteiger partial charge is 0.341 e. The molecule has 0 atom stereocenters. The van der Waals surface area contributed by atoms with Crippen LogP contribution < -0.4 is 0 Å². The number of halogens is 1. The second-order valence-corrected chi connectivity index (χ2v) is 4.05. The number of fused-ring (bicyclic) bond motifs is 1. The molecule has 0 saturated heterocycles. The second kappa shape index (κ2) is 4.67. The van der Waals surface area contributed by atoms with Crippen LogP contribution in [-0.4, -0.2) is 29.8 Å². The Labute approximate surface area is 94.8 Å². The Morgan fingerprint density at radius 2 is 1.73 bits per heavy atom. The molecule has 3 heteroatoms. The lowest BCUT2D eigenvalue weighted by molar-refractivity contribution is -0.128. The van der Waals surface area contributed by atoms with Crippen LogP contribution in [0, 0.1) is 0 Å². The molecule has 0 bridgehead atoms. The molecule has 2 nitrogen and oxygen atoms in total. The quantitative estimate of drug-likeness (QED) is 0.666. The molecule has 1 heterocycles. The molecule has 1 amide bonds. The Morgan fingerprint density at radius 1 is 1.20 bits per heavy atom. The third-order valence-electron chi connectivity index (χ3n) is 2.89. The number of amides is 1. The minimum absolute atomic E-state index is 0.0458. The highest BCUT2D eigenvalue weighted by molar-refractivity contribution is 6.27. The van der Waals surface area contributed by atoms with Gasteiger partial charge in [-0.2, -0.15) is 0 Å². The van der Waals surface area contributed by atoms with Gasteiger partial charge in [0.1, 0.15) is 5.88 Å². The van der Waals surface area contributed by atoms with Crippen LogP contribution in [0.5, 0.6) is 0 Å². The number of benzene rings is 1. The summed E-state index contributed by atoms with van der Waals surface area (Å²) in [6.07, 6.45) is 1.89. The average molecular weight is 224 g/mol. The fourth-order valence-corrected chi connectivity index (χ4v) is 2.17. The summed E-state index contributed by atoms with van der Waals surface area (Å²) in [6, 6.07) is 8.39. The van der Waals surface area contributed by atoms with Crippen molar-refractivity contribution in [3.05, 3.63) is 35.4 Å². The first kappa shape index (κ1) is 10.5. The fraction of sp³-hybridized carbons (Fsp3) is 0.417. The van der Waals surface area contributed by atoms with Crippen LogP contribution in [0.25, 0.3) is 0 Å². The summed E-state index contributed by atoms with van der Waals surface area (Å²) in [5.41, 5.74) is 2.73. The Morgan fingerprint density at radius 3 is 2.20 bits per heavy atom. The molecule has 0 N–H and O–H groups in total. The number of hydrogen-bond donors (Lipinski definition) is 0. The summed E-state index contributed by atoms with van der Waals surface area (Å²) in [5.74, 6) is 0.139. The molecule has 1 aliphatic heterocycles. The molecule has 0 saturated carbocycles. The van der Waals surface area contributed by atoms with Crippen molar-refractivity contribution in [2.75, 3.05) is 19.0 Å². The molecular formula is C12H14ClNO. The summed E-state index contributed by atoms with van der Waals surface area (Å²) >= 11 is 5.56. The van der Waals surface area contributed by atoms with Gasteiger partial charge in [0.2, 0.25) is 5.91 Å². The SMILES string of the molecule is O=C(CCl)N1CCc2ccccc2CC1. The van der Waals surface area contributed by atoms with Gasteiger partial charge in [-0.05, 0) is 24.0 Å². The molecule has 1 aromatic carbocycles. The van der Waals surface area contributed by atoms with Crippen LogP contribution in [0.3, 0.4) is 0 Å². The van der Waals surface area contributed by atoms with Crippen LogP contribution >= 0.6 is 11.6 Å². The van der Waals surface area contributed by atoms with Crippen LogP contribution in [0.15, 0.2) is 24.3 Å². The lowest BCUT2D eigenvalue weighted by atomic mass is 10.0. The van der Waals surface area contributed by atoms with Crippen LogP contribution in [0.4, 0.5) is 0 Å². The lowest BCUT2D eigenvalue weighted by Gasteiger charge is -2.18. The van der Waals surface area contributed by atoms with Crippen molar-refractivity contribution in [2.45, 2.75) is 12.8 Å². The smallest absolute Gasteiger partial charge is 0.237 e. The van der Waals surface area contributed by atoms with Gasteiger partial charge in [-0.1, -0.05) is 24.3 Å². The molecular weight excluding hydrogens is 210 g/mol. The predicted octanol–water partition coefficient (Wildman–Crippen LogP) is 1.85. The second-order valence-electron chi connectivity index (χ2n) is 3.78. The topological polar surface area (TPSA) is 20.3 Å². The Bertz CT molecular complexity index is 337. The van der Waals surface area contributed by atoms with Crippen LogP contribution in [-0.2, 0) is 17.6 Å². The predicted molar refractivity (Wildman–Crippen MR) is 61.2 cm³/mol. The van der Waals surface area contributed by atoms with E-state index in [1.165, 1.54) is 11.1 Å². The van der Waals surface area contributed by atoms with Crippen LogP contribution in [0.2, 0.25) is 0 Å². The molecule has 0 radical (unpaired) electrons. The Hall–Kier alpha value is -1.02. The zero-order chi connectivity index (χ0) is 10.7. The highest BCUT2D eigenvalue weighted by Crippen LogP contribution is 2.15. The van der Waals surface area contributed by atoms with E-state index in [1.54, 1.807) is 0 Å². The van der Waals surface area contributed by atoms with E-state index in [0.29, 0.717) is 0 Å². The standard InChI is InChI=1S/C12H14ClNO/c13-9-12(15)14-7-5-10-3-1-2-4-11(10)6-8-14/h1-4H,5-9H2. The van der Waals surface area contributed by atoms with E-state index < -0.39 is 0 Å². The van der Waals surface area contributed by atoms with E-state index in [0.717, 1.165) is 25.9 Å². The zero-order valence-corrected chi connectivity index (χ0v) is 9.33. The van der Waals surface area contributed by atoms with Crippen molar-refractivity contribution < 1.29 is 4.79 Å². The molecule has 0 fully saturated rings. The lowest BCUT2D eigenvalue weighted by Crippen LogP contribution is -2.34. The van der Waals surface area contributed by atoms with E-state index in [1.807, 2.05) is 4.90 Å². The third-order valence-corrected chi connectivity index (χ3v) is 3.12. The number of alkyl halides is 1. The van der Waals surface area contributed by atoms with Gasteiger partial charge in [-0.25, -0.2) is 0 Å². The number of nitrogens with zero attached hydrogens (tertiary/aromatic N) is 1. The minimum atomic E-state index is 0.0458. The summed E-state index contributed by atoms with van der Waals surface area (Å²) in [7, 11) is 0. The monoisotopic (exact) mass is 223 g/mol. The van der Waals surface area contributed by atoms with Crippen molar-refractivity contribution in [1.29, 1.82) is 0 Å². The number of carbonyl (C=O) groups excluding carboxylic acids is 1. The Kier molecular flexibility index (Phi) is 3.27. The van der Waals surface area contributed by atoms with Gasteiger partial charge in [0.15, 0.2) is 0 Å². The van der Waals surface area contributed by atoms with Gasteiger partial charge in [0.05, 0.1) is 0 Å². The summed E-state index contributed by atoms with van der Waals surface area (Å²) in [4.78, 5) is 13.3. The summed E-state index contributed by atoms with van der Waals surface area (Å²) < 4.78 is 0. The van der Waals surface area contributed by atoms with Gasteiger partial charge < -0.3 is 4.90 Å². The number of hydrogen-bond acceptors (Lipinski definition) is 1. The van der Waals surface area contributed by atoms with Gasteiger partial charge in [0, 0.05) is 13.1 Å². The first-order valence-electron chi connectivity index (χ1n) is 5.22. The van der Waals surface area contributed by atoms with Crippen molar-refractivity contribution in [1.82, 2.24) is 4.90 Å². The molecule has 0 aromatic heterocycles. The van der Waals surface area contributed by atoms with E-state index in [9.17, 15) is 4.79 Å². The summed E-state index contributed by atoms with van der Waals surface area (Å²) in [6.45, 7) is 1.59. The molecule has 15 heavy (non-hydrogen) atoms. The van der Waals surface area contributed by atoms with Crippen molar-refractivity contribution in [3.63, 3.8) is 0 Å². The maximum Gasteiger partial charge on any atom is 0.237 e. The molecule has 0 unspecified atom stereocenters. The summed E-state index contributed by atoms with van der Waals surface area (Å²) in [5, 5.41) is 0. The van der Waals surface area contributed by atoms with Gasteiger partial charge in [0.25, 0.3) is 0 Å². The Balaban J connectivity index is 2.12. The van der Waals surface area contributed by atoms with Gasteiger partial charge in [-0.15, -0.1) is 11.6 Å². The van der Waals surface area contributed by atoms with E-state index in [-0.39, 0.29) is 11.8 Å². The number of carbonyl (C=O) groups is 1. The van der Waals surface area contributed by atoms with Gasteiger partial charge in [-0.3, -0.25) is 4.79 Å². The molecule has 1 aromatic rings. The highest BCUT2D eigenvalue weighted by Gasteiger charge is 2.16. The van der Waals surface area contributed by atoms with Crippen molar-refractivity contribution >= 4 is 17.5 Å². The zero-order valence-electron chi connectivity index (χ0n) is 8.58. The average Bonchev–Trinajstić information content (AvgIpc) is 2.50. The normalized spacial score (nSPS) is 15.7. The van der Waals surface area contributed by atoms with Crippen molar-refractivity contribution in [2.24, 2.45) is 0 Å². The van der Waals surface area contributed by atoms with Crippen LogP contribution in [0.1, 0.15) is 11.1 Å². The molecule has 1 aliphatic rings. The first-order chi connectivity index (χ1) is 7.31. The first-order valence-corrected chi connectivity index (χ1v) is 5.75. The third kappa shape index (κ3) is 2.32. The maximum atomic E-state index is 11.5. The molecule has 0 spiro atoms. The molecule has 0 aliphatic carbocycles. The number of rotatable bonds is 1. The molecule has 2 rings (SSSR count).